The fourth-order valence-electron chi connectivity index (χ4n) is 2.99. The Hall–Kier alpha value is -4.60. The molecule has 0 fully saturated rings. The van der Waals surface area contributed by atoms with Gasteiger partial charge in [0.2, 0.25) is 11.6 Å². The molecular weight excluding hydrogens is 408 g/mol. The number of aryl methyl sites for hydroxylation is 1. The highest BCUT2D eigenvalue weighted by molar-refractivity contribution is 5.99. The van der Waals surface area contributed by atoms with E-state index in [1.807, 2.05) is 74.5 Å². The molecule has 0 aliphatic carbocycles. The van der Waals surface area contributed by atoms with E-state index < -0.39 is 5.91 Å². The molecule has 0 spiro atoms. The highest BCUT2D eigenvalue weighted by Crippen LogP contribution is 2.26. The number of nitrogens with two attached hydrogens (primary N) is 1. The lowest BCUT2D eigenvalue weighted by atomic mass is 10.1. The Bertz CT molecular complexity index is 1290. The van der Waals surface area contributed by atoms with Gasteiger partial charge >= 0.3 is 0 Å². The molecule has 2 aromatic heterocycles. The van der Waals surface area contributed by atoms with Crippen LogP contribution >= 0.6 is 0 Å². The van der Waals surface area contributed by atoms with Crippen LogP contribution in [0.2, 0.25) is 0 Å². The molecule has 0 atom stereocenters. The number of hydrazone groups is 1. The zero-order chi connectivity index (χ0) is 22.5. The van der Waals surface area contributed by atoms with Crippen molar-refractivity contribution in [2.45, 2.75) is 13.8 Å². The molecule has 2 heterocycles. The molecule has 0 unspecified atom stereocenters. The summed E-state index contributed by atoms with van der Waals surface area (Å²) in [6.45, 7) is 3.85. The summed E-state index contributed by atoms with van der Waals surface area (Å²) in [4.78, 5) is 12.9. The number of hydrogen-bond acceptors (Lipinski definition) is 8. The average molecular weight is 428 g/mol. The molecule has 2 aromatic carbocycles. The summed E-state index contributed by atoms with van der Waals surface area (Å²) in [6, 6.07) is 17.3. The van der Waals surface area contributed by atoms with Crippen LogP contribution in [0.25, 0.3) is 23.2 Å². The fraction of sp³-hybridized carbons (Fsp3) is 0.0909. The Morgan fingerprint density at radius 2 is 1.88 bits per heavy atom. The number of nitrogens with one attached hydrogen (secondary N) is 1. The molecule has 3 N–H and O–H groups in total. The molecule has 1 amide bonds. The van der Waals surface area contributed by atoms with E-state index in [2.05, 4.69) is 35.8 Å². The molecule has 4 rings (SSSR count). The summed E-state index contributed by atoms with van der Waals surface area (Å²) in [6.07, 6.45) is 3.50. The predicted molar refractivity (Wildman–Crippen MR) is 120 cm³/mol. The first-order valence-electron chi connectivity index (χ1n) is 9.71. The second-order valence-corrected chi connectivity index (χ2v) is 7.04. The van der Waals surface area contributed by atoms with Gasteiger partial charge in [-0.1, -0.05) is 71.5 Å². The van der Waals surface area contributed by atoms with E-state index in [4.69, 9.17) is 5.73 Å². The van der Waals surface area contributed by atoms with Crippen LogP contribution in [0.4, 0.5) is 5.82 Å². The van der Waals surface area contributed by atoms with E-state index in [1.165, 1.54) is 4.68 Å². The number of benzene rings is 2. The summed E-state index contributed by atoms with van der Waals surface area (Å²) in [5, 5.41) is 19.4. The first-order valence-corrected chi connectivity index (χ1v) is 9.71. The number of nitrogens with zero attached hydrogens (tertiary/aromatic N) is 6. The van der Waals surface area contributed by atoms with Gasteiger partial charge in [-0.2, -0.15) is 9.78 Å². The third-order valence-corrected chi connectivity index (χ3v) is 4.53. The number of carbonyl (C=O) groups is 1. The lowest BCUT2D eigenvalue weighted by molar-refractivity contribution is 0.0950. The quantitative estimate of drug-likeness (QED) is 0.356. The molecule has 32 heavy (non-hydrogen) atoms. The molecule has 4 aromatic rings. The van der Waals surface area contributed by atoms with Gasteiger partial charge in [0, 0.05) is 5.56 Å². The number of anilines is 1. The fourth-order valence-corrected chi connectivity index (χ4v) is 2.99. The Kier molecular flexibility index (Phi) is 5.84. The molecular formula is C22H20N8O2. The molecule has 0 radical (unpaired) electrons. The Morgan fingerprint density at radius 3 is 2.56 bits per heavy atom. The molecule has 0 saturated heterocycles. The maximum Gasteiger partial charge on any atom is 0.294 e. The number of aromatic nitrogens is 5. The van der Waals surface area contributed by atoms with E-state index in [1.54, 1.807) is 6.21 Å². The largest absolute Gasteiger partial charge is 0.378 e. The standard InChI is InChI=1S/C22H20N8O2/c1-14-8-10-17(11-9-14)19-18(25-29-30(19)21-20(23)27-32-28-21)22(31)26-24-13-15(2)12-16-6-4-3-5-7-16/h3-13H,1-2H3,(H2,23,27)(H,26,31)/b15-12+,24-13+. The van der Waals surface area contributed by atoms with Crippen molar-refractivity contribution in [3.63, 3.8) is 0 Å². The van der Waals surface area contributed by atoms with Gasteiger partial charge in [0.25, 0.3) is 5.91 Å². The molecule has 0 aliphatic rings. The minimum atomic E-state index is -0.536. The maximum absolute atomic E-state index is 12.9. The van der Waals surface area contributed by atoms with Crippen molar-refractivity contribution in [3.8, 4) is 17.1 Å². The number of nitrogen functional groups attached to an aromatic ring is 1. The normalized spacial score (nSPS) is 11.8. The summed E-state index contributed by atoms with van der Waals surface area (Å²) >= 11 is 0. The summed E-state index contributed by atoms with van der Waals surface area (Å²) in [7, 11) is 0. The summed E-state index contributed by atoms with van der Waals surface area (Å²) in [5.41, 5.74) is 12.4. The van der Waals surface area contributed by atoms with Crippen molar-refractivity contribution in [1.29, 1.82) is 0 Å². The van der Waals surface area contributed by atoms with Crippen LogP contribution in [-0.4, -0.2) is 37.4 Å². The van der Waals surface area contributed by atoms with Crippen LogP contribution in [0.15, 0.2) is 69.9 Å². The Balaban J connectivity index is 1.62. The van der Waals surface area contributed by atoms with Crippen molar-refractivity contribution >= 4 is 24.0 Å². The number of hydrogen-bond donors (Lipinski definition) is 2. The van der Waals surface area contributed by atoms with Crippen LogP contribution in [0.3, 0.4) is 0 Å². The van der Waals surface area contributed by atoms with E-state index in [0.29, 0.717) is 11.3 Å². The molecule has 0 bridgehead atoms. The van der Waals surface area contributed by atoms with Crippen LogP contribution in [0.5, 0.6) is 0 Å². The number of carbonyl (C=O) groups excluding carboxylic acids is 1. The van der Waals surface area contributed by atoms with Gasteiger partial charge in [-0.25, -0.2) is 10.1 Å². The Labute approximate surface area is 183 Å². The minimum absolute atomic E-state index is 0.0231. The molecule has 10 nitrogen and oxygen atoms in total. The monoisotopic (exact) mass is 428 g/mol. The molecule has 160 valence electrons. The highest BCUT2D eigenvalue weighted by atomic mass is 16.6. The maximum atomic E-state index is 12.9. The number of allylic oxidation sites excluding steroid dienone is 1. The van der Waals surface area contributed by atoms with Gasteiger partial charge in [0.15, 0.2) is 5.69 Å². The van der Waals surface area contributed by atoms with Gasteiger partial charge in [-0.15, -0.1) is 5.10 Å². The van der Waals surface area contributed by atoms with Crippen molar-refractivity contribution in [1.82, 2.24) is 30.7 Å². The van der Waals surface area contributed by atoms with E-state index in [-0.39, 0.29) is 17.3 Å². The smallest absolute Gasteiger partial charge is 0.294 e. The van der Waals surface area contributed by atoms with Gasteiger partial charge in [-0.05, 0) is 35.3 Å². The van der Waals surface area contributed by atoms with Gasteiger partial charge in [0.1, 0.15) is 5.69 Å². The number of amides is 1. The zero-order valence-electron chi connectivity index (χ0n) is 17.4. The SMILES string of the molecule is CC(/C=N/NC(=O)c1nnn(-c2nonc2N)c1-c1ccc(C)cc1)=C\c1ccccc1. The predicted octanol–water partition coefficient (Wildman–Crippen LogP) is 3.03. The third-order valence-electron chi connectivity index (χ3n) is 4.53. The first-order chi connectivity index (χ1) is 15.5. The first kappa shape index (κ1) is 20.7. The van der Waals surface area contributed by atoms with Crippen molar-refractivity contribution in [2.24, 2.45) is 5.10 Å². The van der Waals surface area contributed by atoms with E-state index >= 15 is 0 Å². The van der Waals surface area contributed by atoms with Crippen molar-refractivity contribution in [3.05, 3.63) is 77.0 Å². The second-order valence-electron chi connectivity index (χ2n) is 7.04. The summed E-state index contributed by atoms with van der Waals surface area (Å²) < 4.78 is 5.99. The zero-order valence-corrected chi connectivity index (χ0v) is 17.4. The molecule has 0 saturated carbocycles. The minimum Gasteiger partial charge on any atom is -0.378 e. The van der Waals surface area contributed by atoms with E-state index in [0.717, 1.165) is 16.7 Å². The second kappa shape index (κ2) is 9.04. The van der Waals surface area contributed by atoms with Gasteiger partial charge < -0.3 is 5.73 Å². The lowest BCUT2D eigenvalue weighted by Crippen LogP contribution is -2.19. The van der Waals surface area contributed by atoms with Crippen LogP contribution in [0.1, 0.15) is 28.5 Å². The van der Waals surface area contributed by atoms with Crippen LogP contribution in [-0.2, 0) is 0 Å². The Morgan fingerprint density at radius 1 is 1.12 bits per heavy atom. The molecule has 0 aliphatic heterocycles. The van der Waals surface area contributed by atoms with Gasteiger partial charge in [0.05, 0.1) is 6.21 Å². The van der Waals surface area contributed by atoms with E-state index in [9.17, 15) is 4.79 Å². The third kappa shape index (κ3) is 4.43. The van der Waals surface area contributed by atoms with Crippen LogP contribution < -0.4 is 11.2 Å². The average Bonchev–Trinajstić information content (AvgIpc) is 3.41. The van der Waals surface area contributed by atoms with Crippen LogP contribution in [0, 0.1) is 6.92 Å². The van der Waals surface area contributed by atoms with Crippen molar-refractivity contribution < 1.29 is 9.42 Å². The topological polar surface area (TPSA) is 137 Å². The van der Waals surface area contributed by atoms with Gasteiger partial charge in [-0.3, -0.25) is 4.79 Å². The molecule has 10 heteroatoms. The summed E-state index contributed by atoms with van der Waals surface area (Å²) in [5.74, 6) is -0.377. The van der Waals surface area contributed by atoms with Crippen molar-refractivity contribution in [2.75, 3.05) is 5.73 Å². The lowest BCUT2D eigenvalue weighted by Gasteiger charge is -2.06. The highest BCUT2D eigenvalue weighted by Gasteiger charge is 2.25. The number of rotatable bonds is 6.